The highest BCUT2D eigenvalue weighted by molar-refractivity contribution is 5.54. The molecule has 2 rings (SSSR count). The Labute approximate surface area is 98.0 Å². The Hall–Kier alpha value is -1.06. The maximum atomic E-state index is 3.24. The van der Waals surface area contributed by atoms with Crippen LogP contribution in [0.2, 0.25) is 0 Å². The van der Waals surface area contributed by atoms with E-state index in [-0.39, 0.29) is 0 Å². The second-order valence-corrected chi connectivity index (χ2v) is 4.45. The zero-order valence-electron chi connectivity index (χ0n) is 10.2. The number of rotatable bonds is 3. The summed E-state index contributed by atoms with van der Waals surface area (Å²) in [5.41, 5.74) is 2.79. The summed E-state index contributed by atoms with van der Waals surface area (Å²) < 4.78 is 0. The molecule has 1 saturated heterocycles. The molecule has 0 radical (unpaired) electrons. The van der Waals surface area contributed by atoms with Crippen LogP contribution in [0, 0.1) is 0 Å². The van der Waals surface area contributed by atoms with Gasteiger partial charge < -0.3 is 15.1 Å². The minimum absolute atomic E-state index is 0.947. The summed E-state index contributed by atoms with van der Waals surface area (Å²) in [6.45, 7) is 5.54. The number of nitrogens with one attached hydrogen (secondary N) is 1. The Bertz CT molecular complexity index is 330. The van der Waals surface area contributed by atoms with Gasteiger partial charge in [0.15, 0.2) is 0 Å². The molecule has 1 aromatic rings. The summed E-state index contributed by atoms with van der Waals surface area (Å²) in [5.74, 6) is 0. The first kappa shape index (κ1) is 11.4. The molecule has 1 heterocycles. The van der Waals surface area contributed by atoms with Gasteiger partial charge in [0, 0.05) is 38.4 Å². The third-order valence-corrected chi connectivity index (χ3v) is 3.20. The zero-order chi connectivity index (χ0) is 11.4. The fourth-order valence-corrected chi connectivity index (χ4v) is 2.21. The van der Waals surface area contributed by atoms with E-state index in [1.165, 1.54) is 11.3 Å². The maximum Gasteiger partial charge on any atom is 0.0412 e. The Morgan fingerprint density at radius 3 is 2.50 bits per heavy atom. The number of nitrogens with zero attached hydrogens (tertiary/aromatic N) is 2. The fraction of sp³-hybridized carbons (Fsp3) is 0.538. The summed E-state index contributed by atoms with van der Waals surface area (Å²) in [4.78, 5) is 4.88. The number of benzene rings is 1. The van der Waals surface area contributed by atoms with E-state index in [9.17, 15) is 0 Å². The average molecular weight is 219 g/mol. The molecular weight excluding hydrogens is 198 g/mol. The molecule has 0 spiro atoms. The monoisotopic (exact) mass is 219 g/mol. The molecular formula is C13H21N3. The van der Waals surface area contributed by atoms with E-state index >= 15 is 0 Å². The summed E-state index contributed by atoms with van der Waals surface area (Å²) in [7, 11) is 4.19. The van der Waals surface area contributed by atoms with Crippen molar-refractivity contribution in [1.82, 2.24) is 10.2 Å². The molecule has 0 aromatic heterocycles. The highest BCUT2D eigenvalue weighted by atomic mass is 15.2. The minimum atomic E-state index is 0.947. The van der Waals surface area contributed by atoms with Gasteiger partial charge in [-0.05, 0) is 25.7 Å². The van der Waals surface area contributed by atoms with E-state index in [1.54, 1.807) is 0 Å². The van der Waals surface area contributed by atoms with E-state index in [0.717, 1.165) is 32.7 Å². The van der Waals surface area contributed by atoms with Crippen molar-refractivity contribution in [1.29, 1.82) is 0 Å². The lowest BCUT2D eigenvalue weighted by Gasteiger charge is -2.35. The fourth-order valence-electron chi connectivity index (χ4n) is 2.21. The molecule has 1 aliphatic heterocycles. The smallest absolute Gasteiger partial charge is 0.0412 e. The molecule has 0 saturated carbocycles. The van der Waals surface area contributed by atoms with Gasteiger partial charge in [0.25, 0.3) is 0 Å². The number of hydrogen-bond acceptors (Lipinski definition) is 3. The average Bonchev–Trinajstić information content (AvgIpc) is 2.32. The van der Waals surface area contributed by atoms with Crippen molar-refractivity contribution >= 4 is 5.69 Å². The normalized spacial score (nSPS) is 17.8. The van der Waals surface area contributed by atoms with Crippen LogP contribution in [0.25, 0.3) is 0 Å². The van der Waals surface area contributed by atoms with Gasteiger partial charge >= 0.3 is 0 Å². The number of piperazine rings is 1. The van der Waals surface area contributed by atoms with Crippen molar-refractivity contribution < 1.29 is 0 Å². The van der Waals surface area contributed by atoms with Gasteiger partial charge in [-0.2, -0.15) is 0 Å². The summed E-state index contributed by atoms with van der Waals surface area (Å²) in [5, 5.41) is 3.24. The van der Waals surface area contributed by atoms with Crippen molar-refractivity contribution in [2.24, 2.45) is 0 Å². The van der Waals surface area contributed by atoms with Crippen LogP contribution >= 0.6 is 0 Å². The van der Waals surface area contributed by atoms with Crippen LogP contribution in [0.4, 0.5) is 5.69 Å². The SMILES string of the molecule is CNCc1ccccc1N1CCN(C)CC1. The van der Waals surface area contributed by atoms with Crippen LogP contribution in [-0.4, -0.2) is 45.2 Å². The van der Waals surface area contributed by atoms with Crippen molar-refractivity contribution in [2.75, 3.05) is 45.2 Å². The van der Waals surface area contributed by atoms with E-state index in [0.29, 0.717) is 0 Å². The highest BCUT2D eigenvalue weighted by Gasteiger charge is 2.15. The highest BCUT2D eigenvalue weighted by Crippen LogP contribution is 2.21. The summed E-state index contributed by atoms with van der Waals surface area (Å²) in [6, 6.07) is 8.70. The molecule has 3 nitrogen and oxygen atoms in total. The Morgan fingerprint density at radius 1 is 1.12 bits per heavy atom. The van der Waals surface area contributed by atoms with E-state index in [1.807, 2.05) is 7.05 Å². The molecule has 1 aliphatic rings. The molecule has 0 aliphatic carbocycles. The first-order chi connectivity index (χ1) is 7.81. The predicted octanol–water partition coefficient (Wildman–Crippen LogP) is 1.16. The summed E-state index contributed by atoms with van der Waals surface area (Å²) >= 11 is 0. The van der Waals surface area contributed by atoms with Crippen LogP contribution in [0.1, 0.15) is 5.56 Å². The zero-order valence-corrected chi connectivity index (χ0v) is 10.2. The van der Waals surface area contributed by atoms with Gasteiger partial charge in [-0.25, -0.2) is 0 Å². The van der Waals surface area contributed by atoms with Gasteiger partial charge in [0.1, 0.15) is 0 Å². The minimum Gasteiger partial charge on any atom is -0.369 e. The van der Waals surface area contributed by atoms with Crippen molar-refractivity contribution in [3.8, 4) is 0 Å². The number of anilines is 1. The van der Waals surface area contributed by atoms with Crippen LogP contribution in [0.5, 0.6) is 0 Å². The number of likely N-dealkylation sites (N-methyl/N-ethyl adjacent to an activating group) is 1. The van der Waals surface area contributed by atoms with Gasteiger partial charge in [-0.3, -0.25) is 0 Å². The predicted molar refractivity (Wildman–Crippen MR) is 68.9 cm³/mol. The van der Waals surface area contributed by atoms with Crippen LogP contribution in [0.15, 0.2) is 24.3 Å². The Kier molecular flexibility index (Phi) is 3.80. The molecule has 1 N–H and O–H groups in total. The molecule has 16 heavy (non-hydrogen) atoms. The van der Waals surface area contributed by atoms with E-state index < -0.39 is 0 Å². The standard InChI is InChI=1S/C13H21N3/c1-14-11-12-5-3-4-6-13(12)16-9-7-15(2)8-10-16/h3-6,14H,7-11H2,1-2H3. The van der Waals surface area contributed by atoms with Crippen molar-refractivity contribution in [3.63, 3.8) is 0 Å². The Morgan fingerprint density at radius 2 is 1.81 bits per heavy atom. The van der Waals surface area contributed by atoms with Gasteiger partial charge in [-0.1, -0.05) is 18.2 Å². The first-order valence-electron chi connectivity index (χ1n) is 5.97. The topological polar surface area (TPSA) is 18.5 Å². The number of para-hydroxylation sites is 1. The Balaban J connectivity index is 2.13. The third kappa shape index (κ3) is 2.54. The van der Waals surface area contributed by atoms with E-state index in [2.05, 4.69) is 46.4 Å². The van der Waals surface area contributed by atoms with Crippen LogP contribution in [0.3, 0.4) is 0 Å². The maximum absolute atomic E-state index is 3.24. The molecule has 1 aromatic carbocycles. The molecule has 0 unspecified atom stereocenters. The van der Waals surface area contributed by atoms with E-state index in [4.69, 9.17) is 0 Å². The van der Waals surface area contributed by atoms with Crippen LogP contribution in [-0.2, 0) is 6.54 Å². The lowest BCUT2D eigenvalue weighted by atomic mass is 10.1. The quantitative estimate of drug-likeness (QED) is 0.823. The van der Waals surface area contributed by atoms with Crippen molar-refractivity contribution in [2.45, 2.75) is 6.54 Å². The summed E-state index contributed by atoms with van der Waals surface area (Å²) in [6.07, 6.45) is 0. The lowest BCUT2D eigenvalue weighted by Crippen LogP contribution is -2.44. The van der Waals surface area contributed by atoms with Crippen molar-refractivity contribution in [3.05, 3.63) is 29.8 Å². The largest absolute Gasteiger partial charge is 0.369 e. The van der Waals surface area contributed by atoms with Crippen LogP contribution < -0.4 is 10.2 Å². The second-order valence-electron chi connectivity index (χ2n) is 4.45. The molecule has 3 heteroatoms. The van der Waals surface area contributed by atoms with Gasteiger partial charge in [0.05, 0.1) is 0 Å². The first-order valence-corrected chi connectivity index (χ1v) is 5.97. The molecule has 1 fully saturated rings. The number of hydrogen-bond donors (Lipinski definition) is 1. The molecule has 0 amide bonds. The lowest BCUT2D eigenvalue weighted by molar-refractivity contribution is 0.312. The van der Waals surface area contributed by atoms with Gasteiger partial charge in [-0.15, -0.1) is 0 Å². The second kappa shape index (κ2) is 5.32. The molecule has 0 bridgehead atoms. The van der Waals surface area contributed by atoms with Gasteiger partial charge in [0.2, 0.25) is 0 Å². The molecule has 88 valence electrons. The molecule has 0 atom stereocenters. The third-order valence-electron chi connectivity index (χ3n) is 3.20.